The molecule has 0 saturated heterocycles. The molecule has 0 aliphatic heterocycles. The van der Waals surface area contributed by atoms with E-state index in [-0.39, 0.29) is 23.4 Å². The first kappa shape index (κ1) is 24.3. The van der Waals surface area contributed by atoms with Crippen LogP contribution in [0.5, 0.6) is 11.5 Å². The summed E-state index contributed by atoms with van der Waals surface area (Å²) in [5.41, 5.74) is 0. The number of carbonyl (C=O) groups excluding carboxylic acids is 1. The lowest BCUT2D eigenvalue weighted by molar-refractivity contribution is -0.144. The zero-order valence-corrected chi connectivity index (χ0v) is 20.4. The van der Waals surface area contributed by atoms with Crippen LogP contribution in [0.1, 0.15) is 84.5 Å². The number of hydrogen-bond acceptors (Lipinski definition) is 3. The van der Waals surface area contributed by atoms with Crippen molar-refractivity contribution in [2.75, 3.05) is 6.61 Å². The van der Waals surface area contributed by atoms with Crippen LogP contribution in [0.4, 0.5) is 4.39 Å². The molecular weight excluding hydrogens is 415 g/mol. The van der Waals surface area contributed by atoms with Crippen LogP contribution in [-0.2, 0) is 4.79 Å². The molecule has 33 heavy (non-hydrogen) atoms. The molecule has 3 aliphatic carbocycles. The molecule has 0 bridgehead atoms. The van der Waals surface area contributed by atoms with Crippen LogP contribution in [0.15, 0.2) is 30.4 Å². The summed E-state index contributed by atoms with van der Waals surface area (Å²) in [4.78, 5) is 13.1. The average molecular weight is 457 g/mol. The second kappa shape index (κ2) is 11.5. The number of rotatable bonds is 7. The van der Waals surface area contributed by atoms with Crippen LogP contribution in [0, 0.1) is 41.3 Å². The van der Waals surface area contributed by atoms with Gasteiger partial charge in [-0.1, -0.05) is 51.2 Å². The third kappa shape index (κ3) is 6.00. The number of benzene rings is 1. The zero-order valence-electron chi connectivity index (χ0n) is 20.4. The van der Waals surface area contributed by atoms with E-state index in [0.717, 1.165) is 37.0 Å². The highest BCUT2D eigenvalue weighted by Crippen LogP contribution is 2.50. The maximum atomic E-state index is 14.4. The maximum Gasteiger partial charge on any atom is 0.314 e. The molecule has 0 amide bonds. The Labute approximate surface area is 199 Å². The van der Waals surface area contributed by atoms with E-state index in [0.29, 0.717) is 18.4 Å². The van der Waals surface area contributed by atoms with Gasteiger partial charge in [-0.05, 0) is 87.2 Å². The zero-order chi connectivity index (χ0) is 23.2. The van der Waals surface area contributed by atoms with E-state index in [1.807, 2.05) is 19.1 Å². The van der Waals surface area contributed by atoms with E-state index >= 15 is 0 Å². The highest BCUT2D eigenvalue weighted by Gasteiger charge is 2.43. The first-order valence-electron chi connectivity index (χ1n) is 13.3. The number of hydrogen-bond donors (Lipinski definition) is 0. The van der Waals surface area contributed by atoms with Crippen molar-refractivity contribution in [1.82, 2.24) is 0 Å². The van der Waals surface area contributed by atoms with Crippen molar-refractivity contribution in [1.29, 1.82) is 0 Å². The van der Waals surface area contributed by atoms with Crippen LogP contribution >= 0.6 is 0 Å². The van der Waals surface area contributed by atoms with Crippen molar-refractivity contribution in [3.63, 3.8) is 0 Å². The van der Waals surface area contributed by atoms with Gasteiger partial charge in [0, 0.05) is 6.07 Å². The predicted molar refractivity (Wildman–Crippen MR) is 130 cm³/mol. The highest BCUT2D eigenvalue weighted by molar-refractivity contribution is 5.75. The smallest absolute Gasteiger partial charge is 0.314 e. The first-order chi connectivity index (χ1) is 16.1. The first-order valence-corrected chi connectivity index (χ1v) is 13.3. The Bertz CT molecular complexity index is 811. The maximum absolute atomic E-state index is 14.4. The summed E-state index contributed by atoms with van der Waals surface area (Å²) in [5, 5.41) is 0. The third-order valence-corrected chi connectivity index (χ3v) is 8.82. The summed E-state index contributed by atoms with van der Waals surface area (Å²) in [6, 6.07) is 4.45. The van der Waals surface area contributed by atoms with Gasteiger partial charge in [0.15, 0.2) is 11.6 Å². The van der Waals surface area contributed by atoms with Gasteiger partial charge in [-0.2, -0.15) is 0 Å². The minimum atomic E-state index is -0.496. The molecule has 3 nitrogen and oxygen atoms in total. The molecule has 4 heteroatoms. The Morgan fingerprint density at radius 2 is 1.82 bits per heavy atom. The molecule has 4 unspecified atom stereocenters. The van der Waals surface area contributed by atoms with Crippen molar-refractivity contribution < 1.29 is 18.7 Å². The van der Waals surface area contributed by atoms with Crippen LogP contribution in [0.2, 0.25) is 0 Å². The topological polar surface area (TPSA) is 35.5 Å². The van der Waals surface area contributed by atoms with Crippen LogP contribution in [-0.4, -0.2) is 12.6 Å². The van der Waals surface area contributed by atoms with E-state index in [4.69, 9.17) is 9.47 Å². The number of ether oxygens (including phenoxy) is 2. The van der Waals surface area contributed by atoms with Gasteiger partial charge in [0.25, 0.3) is 0 Å². The third-order valence-electron chi connectivity index (χ3n) is 8.82. The molecule has 3 aliphatic rings. The summed E-state index contributed by atoms with van der Waals surface area (Å²) in [5.74, 6) is 3.52. The second-order valence-electron chi connectivity index (χ2n) is 10.6. The monoisotopic (exact) mass is 456 g/mol. The van der Waals surface area contributed by atoms with E-state index in [1.165, 1.54) is 57.4 Å². The number of fused-ring (bicyclic) bond motifs is 1. The van der Waals surface area contributed by atoms with Crippen molar-refractivity contribution in [3.8, 4) is 11.5 Å². The van der Waals surface area contributed by atoms with E-state index in [9.17, 15) is 9.18 Å². The summed E-state index contributed by atoms with van der Waals surface area (Å²) in [7, 11) is 0. The normalized spacial score (nSPS) is 32.3. The lowest BCUT2D eigenvalue weighted by atomic mass is 9.59. The molecular formula is C29H41FO3. The fourth-order valence-corrected chi connectivity index (χ4v) is 6.88. The Morgan fingerprint density at radius 3 is 2.55 bits per heavy atom. The molecule has 1 aromatic carbocycles. The molecule has 0 N–H and O–H groups in total. The minimum Gasteiger partial charge on any atom is -0.486 e. The molecule has 0 spiro atoms. The Kier molecular flexibility index (Phi) is 8.49. The minimum absolute atomic E-state index is 0.0470. The second-order valence-corrected chi connectivity index (χ2v) is 10.6. The summed E-state index contributed by atoms with van der Waals surface area (Å²) in [6.45, 7) is 4.54. The van der Waals surface area contributed by atoms with Crippen molar-refractivity contribution >= 4 is 5.97 Å². The van der Waals surface area contributed by atoms with Gasteiger partial charge in [0.05, 0.1) is 5.92 Å². The summed E-state index contributed by atoms with van der Waals surface area (Å²) >= 11 is 0. The largest absolute Gasteiger partial charge is 0.486 e. The Balaban J connectivity index is 1.32. The van der Waals surface area contributed by atoms with E-state index in [1.54, 1.807) is 12.1 Å². The van der Waals surface area contributed by atoms with E-state index < -0.39 is 5.82 Å². The molecule has 4 rings (SSSR count). The van der Waals surface area contributed by atoms with Gasteiger partial charge in [-0.15, -0.1) is 0 Å². The van der Waals surface area contributed by atoms with Crippen molar-refractivity contribution in [3.05, 3.63) is 36.2 Å². The Hall–Kier alpha value is -1.84. The fourth-order valence-electron chi connectivity index (χ4n) is 6.88. The molecule has 1 aromatic rings. The number of carbonyl (C=O) groups is 1. The fraction of sp³-hybridized carbons (Fsp3) is 0.690. The van der Waals surface area contributed by atoms with Crippen LogP contribution < -0.4 is 9.47 Å². The quantitative estimate of drug-likeness (QED) is 0.239. The molecule has 4 atom stereocenters. The van der Waals surface area contributed by atoms with Crippen LogP contribution in [0.3, 0.4) is 0 Å². The number of esters is 1. The van der Waals surface area contributed by atoms with Gasteiger partial charge in [-0.3, -0.25) is 4.79 Å². The van der Waals surface area contributed by atoms with Crippen molar-refractivity contribution in [2.24, 2.45) is 35.5 Å². The summed E-state index contributed by atoms with van der Waals surface area (Å²) in [6.07, 6.45) is 17.6. The lowest BCUT2D eigenvalue weighted by Crippen LogP contribution is -2.40. The van der Waals surface area contributed by atoms with Gasteiger partial charge < -0.3 is 9.47 Å². The number of halogens is 1. The summed E-state index contributed by atoms with van der Waals surface area (Å²) < 4.78 is 25.4. The predicted octanol–water partition coefficient (Wildman–Crippen LogP) is 7.74. The van der Waals surface area contributed by atoms with E-state index in [2.05, 4.69) is 6.92 Å². The van der Waals surface area contributed by atoms with Gasteiger partial charge >= 0.3 is 5.97 Å². The standard InChI is InChI=1S/C29H41FO3/c1-3-5-17-32-28-16-14-24(19-27(28)30)33-29(31)26-8-6-7-23-18-22(13-15-25(23)26)21-11-9-20(4-2)10-12-21/h3,5,14,16,19-23,25-26H,4,6-13,15,17-18H2,1-2H3/b5-3+. The lowest BCUT2D eigenvalue weighted by Gasteiger charge is -2.46. The number of allylic oxidation sites excluding steroid dienone is 1. The van der Waals surface area contributed by atoms with Crippen LogP contribution in [0.25, 0.3) is 0 Å². The van der Waals surface area contributed by atoms with Gasteiger partial charge in [0.1, 0.15) is 12.4 Å². The average Bonchev–Trinajstić information content (AvgIpc) is 2.84. The molecule has 0 radical (unpaired) electrons. The molecule has 3 fully saturated rings. The SMILES string of the molecule is C/C=C/COc1ccc(OC(=O)C2CCCC3CC(C4CCC(CC)CC4)CCC32)cc1F. The molecule has 3 saturated carbocycles. The van der Waals surface area contributed by atoms with Crippen molar-refractivity contribution in [2.45, 2.75) is 84.5 Å². The molecule has 182 valence electrons. The van der Waals surface area contributed by atoms with Gasteiger partial charge in [-0.25, -0.2) is 4.39 Å². The molecule has 0 aromatic heterocycles. The highest BCUT2D eigenvalue weighted by atomic mass is 19.1. The molecule has 0 heterocycles. The Morgan fingerprint density at radius 1 is 1.03 bits per heavy atom. The van der Waals surface area contributed by atoms with Gasteiger partial charge in [0.2, 0.25) is 0 Å².